The van der Waals surface area contributed by atoms with Crippen LogP contribution < -0.4 is 10.6 Å². The Bertz CT molecular complexity index is 535. The first-order valence-corrected chi connectivity index (χ1v) is 7.01. The molecule has 0 atom stereocenters. The number of aryl methyl sites for hydroxylation is 2. The van der Waals surface area contributed by atoms with E-state index in [1.54, 1.807) is 0 Å². The maximum atomic E-state index is 7.85. The predicted octanol–water partition coefficient (Wildman–Crippen LogP) is 1.51. The van der Waals surface area contributed by atoms with Crippen molar-refractivity contribution in [2.75, 3.05) is 31.6 Å². The number of nitrogen functional groups attached to an aromatic ring is 1. The number of nitrogens with one attached hydrogen (secondary N) is 1. The SMILES string of the molecule is Cc1cc(C)c(C(=N)N)c(N2CCN(C)C(C)(C)C2)n1. The molecule has 0 amide bonds. The van der Waals surface area contributed by atoms with Gasteiger partial charge in [-0.3, -0.25) is 10.3 Å². The van der Waals surface area contributed by atoms with E-state index in [0.29, 0.717) is 0 Å². The molecule has 1 aromatic heterocycles. The predicted molar refractivity (Wildman–Crippen MR) is 83.6 cm³/mol. The van der Waals surface area contributed by atoms with Gasteiger partial charge < -0.3 is 10.6 Å². The minimum atomic E-state index is 0.0889. The van der Waals surface area contributed by atoms with Crippen LogP contribution in [0.25, 0.3) is 0 Å². The van der Waals surface area contributed by atoms with Crippen LogP contribution in [-0.2, 0) is 0 Å². The second-order valence-corrected chi connectivity index (χ2v) is 6.35. The van der Waals surface area contributed by atoms with E-state index in [1.807, 2.05) is 19.9 Å². The summed E-state index contributed by atoms with van der Waals surface area (Å²) in [6, 6.07) is 1.99. The van der Waals surface area contributed by atoms with Crippen LogP contribution in [0.3, 0.4) is 0 Å². The number of piperazine rings is 1. The molecule has 0 aromatic carbocycles. The van der Waals surface area contributed by atoms with Crippen molar-refractivity contribution in [1.29, 1.82) is 5.41 Å². The third-order valence-electron chi connectivity index (χ3n) is 4.21. The molecule has 1 fully saturated rings. The second-order valence-electron chi connectivity index (χ2n) is 6.35. The molecule has 20 heavy (non-hydrogen) atoms. The first kappa shape index (κ1) is 14.8. The largest absolute Gasteiger partial charge is 0.384 e. The van der Waals surface area contributed by atoms with Gasteiger partial charge >= 0.3 is 0 Å². The van der Waals surface area contributed by atoms with Gasteiger partial charge in [-0.25, -0.2) is 4.98 Å². The molecule has 5 heteroatoms. The van der Waals surface area contributed by atoms with Crippen LogP contribution in [-0.4, -0.2) is 47.9 Å². The highest BCUT2D eigenvalue weighted by atomic mass is 15.3. The van der Waals surface area contributed by atoms with Gasteiger partial charge in [-0.15, -0.1) is 0 Å². The molecule has 3 N–H and O–H groups in total. The first-order valence-electron chi connectivity index (χ1n) is 7.01. The summed E-state index contributed by atoms with van der Waals surface area (Å²) in [5, 5.41) is 7.85. The average Bonchev–Trinajstić information content (AvgIpc) is 2.30. The lowest BCUT2D eigenvalue weighted by molar-refractivity contribution is 0.138. The van der Waals surface area contributed by atoms with Gasteiger partial charge in [-0.05, 0) is 46.4 Å². The molecule has 0 radical (unpaired) electrons. The number of pyridine rings is 1. The number of hydrogen-bond acceptors (Lipinski definition) is 4. The molecule has 1 aromatic rings. The van der Waals surface area contributed by atoms with Crippen molar-refractivity contribution in [3.63, 3.8) is 0 Å². The molecule has 110 valence electrons. The minimum Gasteiger partial charge on any atom is -0.384 e. The van der Waals surface area contributed by atoms with Gasteiger partial charge in [0.15, 0.2) is 0 Å². The molecule has 0 saturated carbocycles. The van der Waals surface area contributed by atoms with E-state index in [2.05, 4.69) is 35.7 Å². The zero-order valence-electron chi connectivity index (χ0n) is 13.1. The molecule has 0 bridgehead atoms. The Morgan fingerprint density at radius 2 is 2.00 bits per heavy atom. The highest BCUT2D eigenvalue weighted by Gasteiger charge is 2.33. The fourth-order valence-corrected chi connectivity index (χ4v) is 2.80. The van der Waals surface area contributed by atoms with Gasteiger partial charge in [-0.2, -0.15) is 0 Å². The maximum absolute atomic E-state index is 7.85. The zero-order chi connectivity index (χ0) is 15.1. The lowest BCUT2D eigenvalue weighted by Gasteiger charge is -2.46. The average molecular weight is 275 g/mol. The lowest BCUT2D eigenvalue weighted by Crippen LogP contribution is -2.58. The van der Waals surface area contributed by atoms with Gasteiger partial charge in [0, 0.05) is 30.9 Å². The Morgan fingerprint density at radius 3 is 2.55 bits per heavy atom. The number of anilines is 1. The minimum absolute atomic E-state index is 0.0889. The molecule has 1 aliphatic heterocycles. The Morgan fingerprint density at radius 1 is 1.35 bits per heavy atom. The summed E-state index contributed by atoms with van der Waals surface area (Å²) in [6.07, 6.45) is 0. The van der Waals surface area contributed by atoms with Gasteiger partial charge in [-0.1, -0.05) is 0 Å². The van der Waals surface area contributed by atoms with Crippen molar-refractivity contribution >= 4 is 11.7 Å². The van der Waals surface area contributed by atoms with Crippen molar-refractivity contribution in [3.05, 3.63) is 22.9 Å². The summed E-state index contributed by atoms with van der Waals surface area (Å²) in [6.45, 7) is 11.2. The van der Waals surface area contributed by atoms with Gasteiger partial charge in [0.05, 0.1) is 5.56 Å². The standard InChI is InChI=1S/C15H25N5/c1-10-8-11(2)18-14(12(10)13(16)17)20-7-6-19(5)15(3,4)9-20/h8H,6-7,9H2,1-5H3,(H3,16,17). The van der Waals surface area contributed by atoms with Crippen LogP contribution in [0.5, 0.6) is 0 Å². The summed E-state index contributed by atoms with van der Waals surface area (Å²) >= 11 is 0. The van der Waals surface area contributed by atoms with Crippen LogP contribution >= 0.6 is 0 Å². The summed E-state index contributed by atoms with van der Waals surface area (Å²) < 4.78 is 0. The van der Waals surface area contributed by atoms with E-state index in [9.17, 15) is 0 Å². The van der Waals surface area contributed by atoms with Crippen LogP contribution in [0.4, 0.5) is 5.82 Å². The number of aromatic nitrogens is 1. The number of likely N-dealkylation sites (N-methyl/N-ethyl adjacent to an activating group) is 1. The summed E-state index contributed by atoms with van der Waals surface area (Å²) in [4.78, 5) is 9.28. The molecule has 2 heterocycles. The highest BCUT2D eigenvalue weighted by molar-refractivity contribution is 6.01. The van der Waals surface area contributed by atoms with Crippen LogP contribution in [0, 0.1) is 19.3 Å². The normalized spacial score (nSPS) is 19.1. The van der Waals surface area contributed by atoms with Crippen molar-refractivity contribution in [2.24, 2.45) is 5.73 Å². The molecule has 2 rings (SSSR count). The van der Waals surface area contributed by atoms with Gasteiger partial charge in [0.25, 0.3) is 0 Å². The molecule has 5 nitrogen and oxygen atoms in total. The fourth-order valence-electron chi connectivity index (χ4n) is 2.80. The van der Waals surface area contributed by atoms with E-state index in [-0.39, 0.29) is 11.4 Å². The topological polar surface area (TPSA) is 69.2 Å². The van der Waals surface area contributed by atoms with Crippen LogP contribution in [0.2, 0.25) is 0 Å². The smallest absolute Gasteiger partial charge is 0.140 e. The van der Waals surface area contributed by atoms with Gasteiger partial charge in [0.1, 0.15) is 11.7 Å². The lowest BCUT2D eigenvalue weighted by atomic mass is 9.98. The number of nitrogens with zero attached hydrogens (tertiary/aromatic N) is 3. The van der Waals surface area contributed by atoms with E-state index >= 15 is 0 Å². The second kappa shape index (κ2) is 5.05. The fraction of sp³-hybridized carbons (Fsp3) is 0.600. The van der Waals surface area contributed by atoms with E-state index in [1.165, 1.54) is 0 Å². The monoisotopic (exact) mass is 275 g/mol. The summed E-state index contributed by atoms with van der Waals surface area (Å²) in [5.41, 5.74) is 8.63. The van der Waals surface area contributed by atoms with Crippen LogP contribution in [0.1, 0.15) is 30.7 Å². The quantitative estimate of drug-likeness (QED) is 0.634. The van der Waals surface area contributed by atoms with Crippen molar-refractivity contribution in [2.45, 2.75) is 33.2 Å². The number of nitrogens with two attached hydrogens (primary N) is 1. The highest BCUT2D eigenvalue weighted by Crippen LogP contribution is 2.27. The Kier molecular flexibility index (Phi) is 3.73. The summed E-state index contributed by atoms with van der Waals surface area (Å²) in [5.74, 6) is 0.956. The van der Waals surface area contributed by atoms with E-state index in [0.717, 1.165) is 42.3 Å². The molecular formula is C15H25N5. The Balaban J connectivity index is 2.45. The number of rotatable bonds is 2. The molecule has 0 aliphatic carbocycles. The van der Waals surface area contributed by atoms with Crippen molar-refractivity contribution in [1.82, 2.24) is 9.88 Å². The zero-order valence-corrected chi connectivity index (χ0v) is 13.1. The van der Waals surface area contributed by atoms with Gasteiger partial charge in [0.2, 0.25) is 0 Å². The van der Waals surface area contributed by atoms with E-state index < -0.39 is 0 Å². The third kappa shape index (κ3) is 2.63. The number of hydrogen-bond donors (Lipinski definition) is 2. The van der Waals surface area contributed by atoms with Crippen LogP contribution in [0.15, 0.2) is 6.07 Å². The maximum Gasteiger partial charge on any atom is 0.140 e. The molecule has 1 saturated heterocycles. The molecule has 1 aliphatic rings. The number of amidine groups is 1. The molecular weight excluding hydrogens is 250 g/mol. The van der Waals surface area contributed by atoms with Crippen molar-refractivity contribution in [3.8, 4) is 0 Å². The Hall–Kier alpha value is -1.62. The Labute approximate surface area is 121 Å². The molecule has 0 spiro atoms. The third-order valence-corrected chi connectivity index (χ3v) is 4.21. The molecule has 0 unspecified atom stereocenters. The van der Waals surface area contributed by atoms with Crippen molar-refractivity contribution < 1.29 is 0 Å². The summed E-state index contributed by atoms with van der Waals surface area (Å²) in [7, 11) is 2.15. The van der Waals surface area contributed by atoms with E-state index in [4.69, 9.17) is 11.1 Å². The first-order chi connectivity index (χ1) is 9.22.